The molecule has 0 saturated carbocycles. The maximum absolute atomic E-state index is 12.6. The molecule has 12 nitrogen and oxygen atoms in total. The molecule has 188 valence electrons. The number of carbonyl (C=O) groups excluding carboxylic acids is 3. The lowest BCUT2D eigenvalue weighted by atomic mass is 10.2. The summed E-state index contributed by atoms with van der Waals surface area (Å²) in [6, 6.07) is 2.90. The number of nitrogens with one attached hydrogen (secondary N) is 2. The van der Waals surface area contributed by atoms with Crippen LogP contribution < -0.4 is 16.6 Å². The van der Waals surface area contributed by atoms with Gasteiger partial charge >= 0.3 is 11.7 Å². The molecular weight excluding hydrogens is 458 g/mol. The third-order valence-corrected chi connectivity index (χ3v) is 5.16. The third-order valence-electron chi connectivity index (χ3n) is 5.16. The summed E-state index contributed by atoms with van der Waals surface area (Å²) in [6.45, 7) is 6.20. The van der Waals surface area contributed by atoms with Crippen molar-refractivity contribution < 1.29 is 23.5 Å². The van der Waals surface area contributed by atoms with Crippen LogP contribution in [0.15, 0.2) is 32.4 Å². The van der Waals surface area contributed by atoms with E-state index in [1.165, 1.54) is 23.0 Å². The second-order valence-corrected chi connectivity index (χ2v) is 8.48. The average molecular weight is 488 g/mol. The lowest BCUT2D eigenvalue weighted by Crippen LogP contribution is -2.34. The van der Waals surface area contributed by atoms with Crippen molar-refractivity contribution in [2.75, 3.05) is 6.61 Å². The predicted molar refractivity (Wildman–Crippen MR) is 125 cm³/mol. The molecular formula is C23H29N5O7. The van der Waals surface area contributed by atoms with Gasteiger partial charge in [0.15, 0.2) is 23.5 Å². The molecule has 0 aliphatic carbocycles. The smallest absolute Gasteiger partial charge is 0.330 e. The number of carbonyl (C=O) groups is 3. The van der Waals surface area contributed by atoms with E-state index < -0.39 is 35.6 Å². The lowest BCUT2D eigenvalue weighted by molar-refractivity contribution is -0.148. The third kappa shape index (κ3) is 6.34. The number of rotatable bonds is 11. The molecule has 3 aromatic rings. The number of esters is 1. The van der Waals surface area contributed by atoms with Crippen LogP contribution in [0.3, 0.4) is 0 Å². The highest BCUT2D eigenvalue weighted by molar-refractivity contribution is 6.03. The number of imide groups is 1. The number of nitrogens with zero attached hydrogens (tertiary/aromatic N) is 3. The van der Waals surface area contributed by atoms with E-state index in [2.05, 4.69) is 15.3 Å². The standard InChI is InChI=1S/C23H29N5O7/c1-4-5-10-27-20-19(22(32)26-23(27)33)28(12-14(2)3)16(24-20)8-9-18(30)35-13-17(29)25-21(31)15-7-6-11-34-15/h6-7,11,14H,4-5,8-10,12-13H2,1-3H3,(H,25,29,31)(H,26,32,33). The molecule has 2 N–H and O–H groups in total. The van der Waals surface area contributed by atoms with Gasteiger partial charge in [-0.15, -0.1) is 0 Å². The fourth-order valence-electron chi connectivity index (χ4n) is 3.56. The number of hydrogen-bond acceptors (Lipinski definition) is 8. The van der Waals surface area contributed by atoms with E-state index in [1.807, 2.05) is 20.8 Å². The van der Waals surface area contributed by atoms with Gasteiger partial charge in [0.25, 0.3) is 17.4 Å². The molecule has 0 fully saturated rings. The quantitative estimate of drug-likeness (QED) is 0.384. The van der Waals surface area contributed by atoms with Crippen LogP contribution >= 0.6 is 0 Å². The van der Waals surface area contributed by atoms with Gasteiger partial charge in [0.1, 0.15) is 5.82 Å². The summed E-state index contributed by atoms with van der Waals surface area (Å²) in [5, 5.41) is 2.06. The van der Waals surface area contributed by atoms with E-state index in [4.69, 9.17) is 9.15 Å². The molecule has 3 heterocycles. The minimum absolute atomic E-state index is 0.0406. The number of aromatic nitrogens is 4. The fourth-order valence-corrected chi connectivity index (χ4v) is 3.56. The molecule has 0 aromatic carbocycles. The number of amides is 2. The number of hydrogen-bond donors (Lipinski definition) is 2. The Labute approximate surface area is 200 Å². The van der Waals surface area contributed by atoms with Crippen molar-refractivity contribution in [3.05, 3.63) is 50.8 Å². The normalized spacial score (nSPS) is 11.2. The number of furan rings is 1. The number of ether oxygens (including phenoxy) is 1. The minimum Gasteiger partial charge on any atom is -0.459 e. The first-order valence-corrected chi connectivity index (χ1v) is 11.5. The SMILES string of the molecule is CCCCn1c(=O)[nH]c(=O)c2c1nc(CCC(=O)OCC(=O)NC(=O)c1ccco1)n2CC(C)C. The maximum atomic E-state index is 12.6. The van der Waals surface area contributed by atoms with Gasteiger partial charge in [0.05, 0.1) is 12.7 Å². The molecule has 12 heteroatoms. The summed E-state index contributed by atoms with van der Waals surface area (Å²) >= 11 is 0. The molecule has 0 unspecified atom stereocenters. The maximum Gasteiger partial charge on any atom is 0.330 e. The van der Waals surface area contributed by atoms with Crippen molar-refractivity contribution in [2.24, 2.45) is 5.92 Å². The molecule has 2 amide bonds. The van der Waals surface area contributed by atoms with Crippen LogP contribution in [0.2, 0.25) is 0 Å². The predicted octanol–water partition coefficient (Wildman–Crippen LogP) is 1.37. The molecule has 3 aromatic heterocycles. The van der Waals surface area contributed by atoms with Gasteiger partial charge in [-0.05, 0) is 24.5 Å². The summed E-state index contributed by atoms with van der Waals surface area (Å²) < 4.78 is 13.0. The van der Waals surface area contributed by atoms with Crippen LogP contribution in [-0.2, 0) is 33.8 Å². The number of fused-ring (bicyclic) bond motifs is 1. The van der Waals surface area contributed by atoms with Crippen LogP contribution in [0, 0.1) is 5.92 Å². The average Bonchev–Trinajstić information content (AvgIpc) is 3.45. The Morgan fingerprint density at radius 1 is 1.23 bits per heavy atom. The molecule has 0 bridgehead atoms. The monoisotopic (exact) mass is 487 g/mol. The summed E-state index contributed by atoms with van der Waals surface area (Å²) in [7, 11) is 0. The van der Waals surface area contributed by atoms with Gasteiger partial charge in [0, 0.05) is 19.5 Å². The molecule has 3 rings (SSSR count). The summed E-state index contributed by atoms with van der Waals surface area (Å²) in [5.41, 5.74) is -0.482. The van der Waals surface area contributed by atoms with Gasteiger partial charge in [-0.3, -0.25) is 34.0 Å². The highest BCUT2D eigenvalue weighted by Crippen LogP contribution is 2.16. The van der Waals surface area contributed by atoms with Gasteiger partial charge in [-0.25, -0.2) is 9.78 Å². The van der Waals surface area contributed by atoms with Crippen LogP contribution in [-0.4, -0.2) is 43.5 Å². The van der Waals surface area contributed by atoms with Crippen molar-refractivity contribution in [3.63, 3.8) is 0 Å². The second-order valence-electron chi connectivity index (χ2n) is 8.48. The molecule has 35 heavy (non-hydrogen) atoms. The summed E-state index contributed by atoms with van der Waals surface area (Å²) in [4.78, 5) is 67.8. The Kier molecular flexibility index (Phi) is 8.39. The lowest BCUT2D eigenvalue weighted by Gasteiger charge is -2.11. The van der Waals surface area contributed by atoms with E-state index in [0.29, 0.717) is 18.9 Å². The van der Waals surface area contributed by atoms with Crippen molar-refractivity contribution >= 4 is 28.9 Å². The van der Waals surface area contributed by atoms with Crippen LogP contribution in [0.5, 0.6) is 0 Å². The van der Waals surface area contributed by atoms with Crippen molar-refractivity contribution in [1.82, 2.24) is 24.4 Å². The van der Waals surface area contributed by atoms with Gasteiger partial charge < -0.3 is 13.7 Å². The van der Waals surface area contributed by atoms with Gasteiger partial charge in [-0.2, -0.15) is 0 Å². The van der Waals surface area contributed by atoms with E-state index in [0.717, 1.165) is 12.8 Å². The van der Waals surface area contributed by atoms with Crippen LogP contribution in [0.1, 0.15) is 56.4 Å². The molecule has 0 atom stereocenters. The summed E-state index contributed by atoms with van der Waals surface area (Å²) in [5.74, 6) is -1.61. The first kappa shape index (κ1) is 25.7. The first-order valence-electron chi connectivity index (χ1n) is 11.5. The van der Waals surface area contributed by atoms with Crippen LogP contribution in [0.25, 0.3) is 11.2 Å². The Morgan fingerprint density at radius 2 is 2.00 bits per heavy atom. The highest BCUT2D eigenvalue weighted by atomic mass is 16.5. The Bertz CT molecular complexity index is 1310. The van der Waals surface area contributed by atoms with Crippen LogP contribution in [0.4, 0.5) is 0 Å². The number of unbranched alkanes of at least 4 members (excludes halogenated alkanes) is 1. The molecule has 0 radical (unpaired) electrons. The number of aromatic amines is 1. The molecule has 0 spiro atoms. The zero-order valence-corrected chi connectivity index (χ0v) is 20.0. The fraction of sp³-hybridized carbons (Fsp3) is 0.478. The zero-order chi connectivity index (χ0) is 25.5. The molecule has 0 aliphatic heterocycles. The van der Waals surface area contributed by atoms with E-state index in [9.17, 15) is 24.0 Å². The van der Waals surface area contributed by atoms with E-state index >= 15 is 0 Å². The second kappa shape index (κ2) is 11.4. The van der Waals surface area contributed by atoms with Crippen molar-refractivity contribution in [3.8, 4) is 0 Å². The first-order chi connectivity index (χ1) is 16.7. The number of H-pyrrole nitrogens is 1. The molecule has 0 saturated heterocycles. The number of aryl methyl sites for hydroxylation is 2. The summed E-state index contributed by atoms with van der Waals surface area (Å²) in [6.07, 6.45) is 2.92. The van der Waals surface area contributed by atoms with Gasteiger partial charge in [-0.1, -0.05) is 27.2 Å². The number of imidazole rings is 1. The van der Waals surface area contributed by atoms with Crippen molar-refractivity contribution in [1.29, 1.82) is 0 Å². The molecule has 0 aliphatic rings. The van der Waals surface area contributed by atoms with Crippen molar-refractivity contribution in [2.45, 2.75) is 59.5 Å². The Balaban J connectivity index is 1.71. The Hall–Kier alpha value is -3.96. The highest BCUT2D eigenvalue weighted by Gasteiger charge is 2.20. The minimum atomic E-state index is -0.793. The van der Waals surface area contributed by atoms with E-state index in [-0.39, 0.29) is 35.7 Å². The van der Waals surface area contributed by atoms with Gasteiger partial charge in [0.2, 0.25) is 0 Å². The topological polar surface area (TPSA) is 158 Å². The largest absolute Gasteiger partial charge is 0.459 e. The Morgan fingerprint density at radius 3 is 2.66 bits per heavy atom. The van der Waals surface area contributed by atoms with E-state index in [1.54, 1.807) is 4.57 Å². The zero-order valence-electron chi connectivity index (χ0n) is 20.0.